The van der Waals surface area contributed by atoms with Gasteiger partial charge in [0.2, 0.25) is 0 Å². The van der Waals surface area contributed by atoms with E-state index in [-0.39, 0.29) is 6.42 Å². The van der Waals surface area contributed by atoms with E-state index in [4.69, 9.17) is 5.11 Å². The number of benzene rings is 1. The van der Waals surface area contributed by atoms with E-state index >= 15 is 0 Å². The number of anilines is 1. The monoisotopic (exact) mass is 275 g/mol. The molecule has 1 aromatic carbocycles. The van der Waals surface area contributed by atoms with Crippen LogP contribution in [-0.2, 0) is 11.2 Å². The van der Waals surface area contributed by atoms with Crippen LogP contribution in [0.1, 0.15) is 51.0 Å². The molecule has 0 spiro atoms. The van der Waals surface area contributed by atoms with Crippen molar-refractivity contribution in [1.29, 1.82) is 0 Å². The molecule has 2 rings (SSSR count). The molecule has 1 fully saturated rings. The lowest BCUT2D eigenvalue weighted by Crippen LogP contribution is -2.23. The van der Waals surface area contributed by atoms with Crippen LogP contribution < -0.4 is 5.32 Å². The Labute approximate surface area is 121 Å². The molecule has 110 valence electrons. The zero-order valence-electron chi connectivity index (χ0n) is 12.3. The highest BCUT2D eigenvalue weighted by atomic mass is 16.4. The molecule has 1 aromatic rings. The molecule has 2 N–H and O–H groups in total. The minimum atomic E-state index is -0.714. The van der Waals surface area contributed by atoms with Gasteiger partial charge in [0.15, 0.2) is 0 Å². The molecule has 1 unspecified atom stereocenters. The van der Waals surface area contributed by atoms with Gasteiger partial charge in [-0.15, -0.1) is 0 Å². The fourth-order valence-electron chi connectivity index (χ4n) is 3.05. The van der Waals surface area contributed by atoms with Crippen molar-refractivity contribution in [3.63, 3.8) is 0 Å². The Balaban J connectivity index is 1.80. The van der Waals surface area contributed by atoms with E-state index in [9.17, 15) is 4.79 Å². The first-order valence-electron chi connectivity index (χ1n) is 7.72. The normalized spacial score (nSPS) is 17.1. The first-order chi connectivity index (χ1) is 9.65. The Morgan fingerprint density at radius 3 is 2.55 bits per heavy atom. The summed E-state index contributed by atoms with van der Waals surface area (Å²) in [5.41, 5.74) is 2.39. The summed E-state index contributed by atoms with van der Waals surface area (Å²) >= 11 is 0. The maximum absolute atomic E-state index is 10.5. The Bertz CT molecular complexity index is 421. The van der Waals surface area contributed by atoms with Crippen molar-refractivity contribution in [1.82, 2.24) is 0 Å². The quantitative estimate of drug-likeness (QED) is 0.788. The second-order valence-electron chi connectivity index (χ2n) is 5.92. The lowest BCUT2D eigenvalue weighted by molar-refractivity contribution is -0.137. The van der Waals surface area contributed by atoms with Gasteiger partial charge in [-0.1, -0.05) is 25.0 Å². The minimum absolute atomic E-state index is 0.249. The van der Waals surface area contributed by atoms with Gasteiger partial charge >= 0.3 is 5.97 Å². The average Bonchev–Trinajstić information content (AvgIpc) is 2.94. The molecule has 3 heteroatoms. The third-order valence-corrected chi connectivity index (χ3v) is 4.31. The summed E-state index contributed by atoms with van der Waals surface area (Å²) in [7, 11) is 0. The maximum Gasteiger partial charge on any atom is 0.303 e. The number of carbonyl (C=O) groups is 1. The molecule has 0 amide bonds. The Morgan fingerprint density at radius 1 is 1.30 bits per heavy atom. The zero-order valence-corrected chi connectivity index (χ0v) is 12.3. The third kappa shape index (κ3) is 4.55. The third-order valence-electron chi connectivity index (χ3n) is 4.31. The van der Waals surface area contributed by atoms with Gasteiger partial charge in [0.25, 0.3) is 0 Å². The van der Waals surface area contributed by atoms with Crippen LogP contribution in [0.15, 0.2) is 24.3 Å². The molecule has 0 radical (unpaired) electrons. The zero-order chi connectivity index (χ0) is 14.4. The molecule has 1 aliphatic carbocycles. The summed E-state index contributed by atoms with van der Waals surface area (Å²) in [4.78, 5) is 10.5. The molecule has 0 aromatic heterocycles. The standard InChI is InChI=1S/C17H25NO2/c1-13(15-6-2-3-7-15)18-16-11-9-14(10-12-16)5-4-8-17(19)20/h9-13,15,18H,2-8H2,1H3,(H,19,20). The summed E-state index contributed by atoms with van der Waals surface area (Å²) in [6, 6.07) is 8.97. The lowest BCUT2D eigenvalue weighted by atomic mass is 9.99. The van der Waals surface area contributed by atoms with Gasteiger partial charge in [0.05, 0.1) is 0 Å². The van der Waals surface area contributed by atoms with Crippen molar-refractivity contribution in [3.8, 4) is 0 Å². The van der Waals surface area contributed by atoms with E-state index < -0.39 is 5.97 Å². The van der Waals surface area contributed by atoms with Crippen LogP contribution >= 0.6 is 0 Å². The summed E-state index contributed by atoms with van der Waals surface area (Å²) in [5.74, 6) is 0.0962. The van der Waals surface area contributed by atoms with Crippen LogP contribution in [0.3, 0.4) is 0 Å². The summed E-state index contributed by atoms with van der Waals surface area (Å²) < 4.78 is 0. The molecular formula is C17H25NO2. The summed E-state index contributed by atoms with van der Waals surface area (Å²) in [6.45, 7) is 2.27. The summed E-state index contributed by atoms with van der Waals surface area (Å²) in [6.07, 6.45) is 7.24. The van der Waals surface area contributed by atoms with Crippen molar-refractivity contribution in [2.24, 2.45) is 5.92 Å². The predicted octanol–water partition coefficient (Wildman–Crippen LogP) is 4.08. The number of hydrogen-bond donors (Lipinski definition) is 2. The molecule has 0 bridgehead atoms. The molecule has 3 nitrogen and oxygen atoms in total. The largest absolute Gasteiger partial charge is 0.481 e. The van der Waals surface area contributed by atoms with E-state index in [0.717, 1.165) is 12.3 Å². The molecular weight excluding hydrogens is 250 g/mol. The van der Waals surface area contributed by atoms with Crippen molar-refractivity contribution in [3.05, 3.63) is 29.8 Å². The SMILES string of the molecule is CC(Nc1ccc(CCCC(=O)O)cc1)C1CCCC1. The smallest absolute Gasteiger partial charge is 0.303 e. The van der Waals surface area contributed by atoms with Crippen molar-refractivity contribution < 1.29 is 9.90 Å². The number of aliphatic carboxylic acids is 1. The molecule has 20 heavy (non-hydrogen) atoms. The fourth-order valence-corrected chi connectivity index (χ4v) is 3.05. The van der Waals surface area contributed by atoms with E-state index in [1.165, 1.54) is 36.9 Å². The summed E-state index contributed by atoms with van der Waals surface area (Å²) in [5, 5.41) is 12.2. The van der Waals surface area contributed by atoms with Crippen molar-refractivity contribution >= 4 is 11.7 Å². The second-order valence-corrected chi connectivity index (χ2v) is 5.92. The highest BCUT2D eigenvalue weighted by Crippen LogP contribution is 2.29. The first kappa shape index (κ1) is 14.9. The Kier molecular flexibility index (Phi) is 5.45. The van der Waals surface area contributed by atoms with Crippen molar-refractivity contribution in [2.75, 3.05) is 5.32 Å². The second kappa shape index (κ2) is 7.32. The van der Waals surface area contributed by atoms with Gasteiger partial charge in [0, 0.05) is 18.2 Å². The number of carboxylic acids is 1. The molecule has 0 aliphatic heterocycles. The van der Waals surface area contributed by atoms with Gasteiger partial charge in [-0.05, 0) is 56.2 Å². The minimum Gasteiger partial charge on any atom is -0.481 e. The molecule has 1 atom stereocenters. The lowest BCUT2D eigenvalue weighted by Gasteiger charge is -2.21. The maximum atomic E-state index is 10.5. The van der Waals surface area contributed by atoms with Gasteiger partial charge < -0.3 is 10.4 Å². The topological polar surface area (TPSA) is 49.3 Å². The number of aryl methyl sites for hydroxylation is 1. The van der Waals surface area contributed by atoms with E-state index in [1.807, 2.05) is 0 Å². The predicted molar refractivity (Wildman–Crippen MR) is 82.1 cm³/mol. The average molecular weight is 275 g/mol. The van der Waals surface area contributed by atoms with Gasteiger partial charge in [-0.3, -0.25) is 4.79 Å². The Morgan fingerprint density at radius 2 is 1.95 bits per heavy atom. The molecule has 1 saturated carbocycles. The highest BCUT2D eigenvalue weighted by molar-refractivity contribution is 5.66. The highest BCUT2D eigenvalue weighted by Gasteiger charge is 2.21. The number of nitrogens with one attached hydrogen (secondary N) is 1. The fraction of sp³-hybridized carbons (Fsp3) is 0.588. The number of rotatable bonds is 7. The van der Waals surface area contributed by atoms with Crippen molar-refractivity contribution in [2.45, 2.75) is 57.9 Å². The van der Waals surface area contributed by atoms with Gasteiger partial charge in [0.1, 0.15) is 0 Å². The van der Waals surface area contributed by atoms with Crippen LogP contribution in [0.25, 0.3) is 0 Å². The molecule has 0 heterocycles. The first-order valence-corrected chi connectivity index (χ1v) is 7.72. The van der Waals surface area contributed by atoms with Gasteiger partial charge in [-0.2, -0.15) is 0 Å². The van der Waals surface area contributed by atoms with Crippen LogP contribution in [0.4, 0.5) is 5.69 Å². The van der Waals surface area contributed by atoms with E-state index in [2.05, 4.69) is 36.5 Å². The van der Waals surface area contributed by atoms with Crippen LogP contribution in [0.2, 0.25) is 0 Å². The Hall–Kier alpha value is -1.51. The van der Waals surface area contributed by atoms with Crippen LogP contribution in [0.5, 0.6) is 0 Å². The number of hydrogen-bond acceptors (Lipinski definition) is 2. The molecule has 1 aliphatic rings. The van der Waals surface area contributed by atoms with Crippen LogP contribution in [-0.4, -0.2) is 17.1 Å². The van der Waals surface area contributed by atoms with Gasteiger partial charge in [-0.25, -0.2) is 0 Å². The molecule has 0 saturated heterocycles. The van der Waals surface area contributed by atoms with E-state index in [1.54, 1.807) is 0 Å². The van der Waals surface area contributed by atoms with E-state index in [0.29, 0.717) is 12.5 Å². The van der Waals surface area contributed by atoms with Crippen LogP contribution in [0, 0.1) is 5.92 Å². The number of carboxylic acid groups (broad SMARTS) is 1.